The number of hydrogen-bond donors (Lipinski definition) is 1. The van der Waals surface area contributed by atoms with Crippen LogP contribution in [-0.2, 0) is 6.54 Å². The zero-order chi connectivity index (χ0) is 20.1. The molecule has 2 aliphatic heterocycles. The lowest BCUT2D eigenvalue weighted by molar-refractivity contribution is 0.0784. The van der Waals surface area contributed by atoms with Gasteiger partial charge in [-0.2, -0.15) is 0 Å². The molecule has 2 aliphatic rings. The number of ether oxygens (including phenoxy) is 1. The molecule has 2 saturated heterocycles. The van der Waals surface area contributed by atoms with E-state index >= 15 is 0 Å². The minimum Gasteiger partial charge on any atom is -0.508 e. The molecule has 1 unspecified atom stereocenters. The third-order valence-corrected chi connectivity index (χ3v) is 5.91. The van der Waals surface area contributed by atoms with Gasteiger partial charge in [-0.25, -0.2) is 0 Å². The van der Waals surface area contributed by atoms with Crippen molar-refractivity contribution in [2.75, 3.05) is 32.8 Å². The molecule has 4 rings (SSSR count). The van der Waals surface area contributed by atoms with Gasteiger partial charge in [0.25, 0.3) is 5.91 Å². The van der Waals surface area contributed by atoms with E-state index in [0.717, 1.165) is 64.0 Å². The minimum atomic E-state index is 0.0901. The van der Waals surface area contributed by atoms with E-state index in [1.54, 1.807) is 6.07 Å². The lowest BCUT2D eigenvalue weighted by atomic mass is 9.98. The fraction of sp³-hybridized carbons (Fsp3) is 0.458. The molecule has 0 saturated carbocycles. The van der Waals surface area contributed by atoms with Crippen molar-refractivity contribution < 1.29 is 14.6 Å². The van der Waals surface area contributed by atoms with Gasteiger partial charge in [-0.05, 0) is 62.1 Å². The molecule has 1 amide bonds. The van der Waals surface area contributed by atoms with Crippen molar-refractivity contribution in [2.24, 2.45) is 5.92 Å². The summed E-state index contributed by atoms with van der Waals surface area (Å²) in [6, 6.07) is 15.1. The zero-order valence-electron chi connectivity index (χ0n) is 16.9. The highest BCUT2D eigenvalue weighted by Gasteiger charge is 2.24. The number of carbonyl (C=O) groups excluding carboxylic acids is 1. The van der Waals surface area contributed by atoms with Crippen molar-refractivity contribution in [1.82, 2.24) is 9.80 Å². The summed E-state index contributed by atoms with van der Waals surface area (Å²) in [5.74, 6) is 1.55. The van der Waals surface area contributed by atoms with E-state index in [9.17, 15) is 9.90 Å². The Morgan fingerprint density at radius 1 is 1.03 bits per heavy atom. The van der Waals surface area contributed by atoms with Gasteiger partial charge in [-0.1, -0.05) is 24.3 Å². The highest BCUT2D eigenvalue weighted by molar-refractivity contribution is 5.97. The second-order valence-corrected chi connectivity index (χ2v) is 8.22. The number of phenolic OH excluding ortho intramolecular Hbond substituents is 1. The second kappa shape index (κ2) is 9.31. The number of rotatable bonds is 6. The van der Waals surface area contributed by atoms with Gasteiger partial charge in [0.05, 0.1) is 12.2 Å². The topological polar surface area (TPSA) is 53.0 Å². The maximum absolute atomic E-state index is 12.8. The van der Waals surface area contributed by atoms with Crippen molar-refractivity contribution in [2.45, 2.75) is 32.2 Å². The first kappa shape index (κ1) is 19.8. The molecule has 1 N–H and O–H groups in total. The Bertz CT molecular complexity index is 832. The molecule has 2 heterocycles. The molecule has 5 heteroatoms. The van der Waals surface area contributed by atoms with Crippen molar-refractivity contribution in [3.05, 3.63) is 59.7 Å². The number of piperidine rings is 1. The predicted octanol–water partition coefficient (Wildman–Crippen LogP) is 3.92. The van der Waals surface area contributed by atoms with Crippen LogP contribution in [0, 0.1) is 5.92 Å². The number of hydrogen-bond acceptors (Lipinski definition) is 4. The zero-order valence-corrected chi connectivity index (χ0v) is 16.9. The summed E-state index contributed by atoms with van der Waals surface area (Å²) in [6.07, 6.45) is 4.46. The Hall–Kier alpha value is -2.53. The smallest absolute Gasteiger partial charge is 0.257 e. The third kappa shape index (κ3) is 5.10. The van der Waals surface area contributed by atoms with E-state index in [0.29, 0.717) is 29.6 Å². The Labute approximate surface area is 172 Å². The van der Waals surface area contributed by atoms with Gasteiger partial charge in [0.1, 0.15) is 11.5 Å². The van der Waals surface area contributed by atoms with Gasteiger partial charge in [0, 0.05) is 32.1 Å². The largest absolute Gasteiger partial charge is 0.508 e. The quantitative estimate of drug-likeness (QED) is 0.807. The normalized spacial score (nSPS) is 20.0. The van der Waals surface area contributed by atoms with Crippen molar-refractivity contribution in [1.29, 1.82) is 0 Å². The predicted molar refractivity (Wildman–Crippen MR) is 113 cm³/mol. The van der Waals surface area contributed by atoms with E-state index in [4.69, 9.17) is 4.74 Å². The first-order valence-corrected chi connectivity index (χ1v) is 10.7. The molecule has 0 radical (unpaired) electrons. The van der Waals surface area contributed by atoms with Gasteiger partial charge >= 0.3 is 0 Å². The van der Waals surface area contributed by atoms with Crippen LogP contribution in [0.4, 0.5) is 0 Å². The lowest BCUT2D eigenvalue weighted by Gasteiger charge is -2.32. The SMILES string of the molecule is O=C(c1ccccc1OCC1CCCN(Cc2cccc(O)c2)C1)N1CCCC1. The number of carbonyl (C=O) groups is 1. The molecular weight excluding hydrogens is 364 g/mol. The maximum Gasteiger partial charge on any atom is 0.257 e. The van der Waals surface area contributed by atoms with E-state index < -0.39 is 0 Å². The van der Waals surface area contributed by atoms with Gasteiger partial charge < -0.3 is 14.7 Å². The summed E-state index contributed by atoms with van der Waals surface area (Å²) >= 11 is 0. The average molecular weight is 395 g/mol. The average Bonchev–Trinajstić information content (AvgIpc) is 3.27. The first-order valence-electron chi connectivity index (χ1n) is 10.7. The second-order valence-electron chi connectivity index (χ2n) is 8.22. The number of benzene rings is 2. The molecule has 29 heavy (non-hydrogen) atoms. The Kier molecular flexibility index (Phi) is 6.35. The van der Waals surface area contributed by atoms with Crippen molar-refractivity contribution >= 4 is 5.91 Å². The lowest BCUT2D eigenvalue weighted by Crippen LogP contribution is -2.37. The summed E-state index contributed by atoms with van der Waals surface area (Å²) in [4.78, 5) is 17.2. The van der Waals surface area contributed by atoms with Crippen LogP contribution in [0.15, 0.2) is 48.5 Å². The van der Waals surface area contributed by atoms with E-state index in [-0.39, 0.29) is 5.91 Å². The Morgan fingerprint density at radius 2 is 1.86 bits per heavy atom. The van der Waals surface area contributed by atoms with Gasteiger partial charge in [0.15, 0.2) is 0 Å². The van der Waals surface area contributed by atoms with Crippen LogP contribution < -0.4 is 4.74 Å². The van der Waals surface area contributed by atoms with Crippen LogP contribution in [0.5, 0.6) is 11.5 Å². The molecule has 0 aromatic heterocycles. The molecule has 154 valence electrons. The van der Waals surface area contributed by atoms with Gasteiger partial charge in [-0.15, -0.1) is 0 Å². The molecule has 2 aromatic carbocycles. The molecule has 5 nitrogen and oxygen atoms in total. The Balaban J connectivity index is 1.35. The standard InChI is InChI=1S/C24H30N2O3/c27-21-9-5-7-19(15-21)16-25-12-6-8-20(17-25)18-29-23-11-2-1-10-22(23)24(28)26-13-3-4-14-26/h1-2,5,7,9-11,15,20,27H,3-4,6,8,12-14,16-18H2. The highest BCUT2D eigenvalue weighted by Crippen LogP contribution is 2.25. The molecular formula is C24H30N2O3. The van der Waals surface area contributed by atoms with Crippen LogP contribution >= 0.6 is 0 Å². The third-order valence-electron chi connectivity index (χ3n) is 5.91. The Morgan fingerprint density at radius 3 is 2.69 bits per heavy atom. The fourth-order valence-electron chi connectivity index (χ4n) is 4.41. The molecule has 2 aromatic rings. The number of amides is 1. The highest BCUT2D eigenvalue weighted by atomic mass is 16.5. The summed E-state index contributed by atoms with van der Waals surface area (Å²) in [7, 11) is 0. The summed E-state index contributed by atoms with van der Waals surface area (Å²) in [6.45, 7) is 5.20. The van der Waals surface area contributed by atoms with Crippen LogP contribution in [0.1, 0.15) is 41.6 Å². The molecule has 0 spiro atoms. The van der Waals surface area contributed by atoms with Crippen LogP contribution in [0.3, 0.4) is 0 Å². The van der Waals surface area contributed by atoms with Gasteiger partial charge in [-0.3, -0.25) is 9.69 Å². The van der Waals surface area contributed by atoms with Crippen LogP contribution in [0.2, 0.25) is 0 Å². The molecule has 0 aliphatic carbocycles. The summed E-state index contributed by atoms with van der Waals surface area (Å²) in [5.41, 5.74) is 1.81. The number of nitrogens with zero attached hydrogens (tertiary/aromatic N) is 2. The maximum atomic E-state index is 12.8. The number of likely N-dealkylation sites (tertiary alicyclic amines) is 2. The summed E-state index contributed by atoms with van der Waals surface area (Å²) in [5, 5.41) is 9.68. The van der Waals surface area contributed by atoms with E-state index in [1.165, 1.54) is 0 Å². The van der Waals surface area contributed by atoms with Crippen molar-refractivity contribution in [3.8, 4) is 11.5 Å². The molecule has 2 fully saturated rings. The molecule has 1 atom stereocenters. The van der Waals surface area contributed by atoms with Crippen molar-refractivity contribution in [3.63, 3.8) is 0 Å². The van der Waals surface area contributed by atoms with E-state index in [2.05, 4.69) is 11.0 Å². The molecule has 0 bridgehead atoms. The number of para-hydroxylation sites is 1. The monoisotopic (exact) mass is 394 g/mol. The van der Waals surface area contributed by atoms with Crippen LogP contribution in [-0.4, -0.2) is 53.6 Å². The van der Waals surface area contributed by atoms with Gasteiger partial charge in [0.2, 0.25) is 0 Å². The number of aromatic hydroxyl groups is 1. The minimum absolute atomic E-state index is 0.0901. The number of phenols is 1. The summed E-state index contributed by atoms with van der Waals surface area (Å²) < 4.78 is 6.16. The fourth-order valence-corrected chi connectivity index (χ4v) is 4.41. The first-order chi connectivity index (χ1) is 14.2. The van der Waals surface area contributed by atoms with Crippen LogP contribution in [0.25, 0.3) is 0 Å². The van der Waals surface area contributed by atoms with E-state index in [1.807, 2.05) is 41.3 Å².